The predicted octanol–water partition coefficient (Wildman–Crippen LogP) is 2.47. The fourth-order valence-electron chi connectivity index (χ4n) is 1.62. The van der Waals surface area contributed by atoms with Crippen molar-refractivity contribution in [1.82, 2.24) is 5.32 Å². The van der Waals surface area contributed by atoms with Gasteiger partial charge in [0, 0.05) is 6.04 Å². The zero-order valence-electron chi connectivity index (χ0n) is 11.7. The van der Waals surface area contributed by atoms with Gasteiger partial charge in [0.1, 0.15) is 6.61 Å². The Morgan fingerprint density at radius 3 is 2.28 bits per heavy atom. The van der Waals surface area contributed by atoms with Gasteiger partial charge in [0.05, 0.1) is 14.2 Å². The zero-order valence-corrected chi connectivity index (χ0v) is 11.7. The van der Waals surface area contributed by atoms with Crippen molar-refractivity contribution < 1.29 is 14.2 Å². The van der Waals surface area contributed by atoms with Gasteiger partial charge in [-0.3, -0.25) is 0 Å². The Kier molecular flexibility index (Phi) is 6.36. The van der Waals surface area contributed by atoms with Crippen molar-refractivity contribution >= 4 is 0 Å². The Morgan fingerprint density at radius 2 is 1.78 bits per heavy atom. The Balaban J connectivity index is 2.65. The number of hydrogen-bond donors (Lipinski definition) is 1. The summed E-state index contributed by atoms with van der Waals surface area (Å²) in [6.45, 7) is 5.81. The van der Waals surface area contributed by atoms with E-state index in [1.165, 1.54) is 0 Å². The van der Waals surface area contributed by atoms with E-state index in [1.807, 2.05) is 18.2 Å². The third-order valence-corrected chi connectivity index (χ3v) is 2.60. The maximum absolute atomic E-state index is 5.80. The normalized spacial score (nSPS) is 12.0. The van der Waals surface area contributed by atoms with Gasteiger partial charge in [-0.15, -0.1) is 0 Å². The molecular weight excluding hydrogens is 230 g/mol. The van der Waals surface area contributed by atoms with Gasteiger partial charge in [0.2, 0.25) is 5.75 Å². The van der Waals surface area contributed by atoms with Crippen molar-refractivity contribution in [2.24, 2.45) is 0 Å². The quantitative estimate of drug-likeness (QED) is 0.772. The fourth-order valence-corrected chi connectivity index (χ4v) is 1.62. The van der Waals surface area contributed by atoms with Crippen LogP contribution in [0.1, 0.15) is 20.3 Å². The molecule has 102 valence electrons. The second-order valence-corrected chi connectivity index (χ2v) is 4.16. The molecule has 0 bridgehead atoms. The smallest absolute Gasteiger partial charge is 0.203 e. The van der Waals surface area contributed by atoms with Crippen LogP contribution in [0.25, 0.3) is 0 Å². The standard InChI is InChI=1S/C14H23NO3/c1-5-9-15-11(2)10-18-14-12(16-3)7-6-8-13(14)17-4/h6-8,11,15H,5,9-10H2,1-4H3. The summed E-state index contributed by atoms with van der Waals surface area (Å²) in [6.07, 6.45) is 1.11. The lowest BCUT2D eigenvalue weighted by molar-refractivity contribution is 0.246. The number of ether oxygens (including phenoxy) is 3. The molecule has 0 amide bonds. The first-order valence-corrected chi connectivity index (χ1v) is 6.30. The van der Waals surface area contributed by atoms with Crippen molar-refractivity contribution in [1.29, 1.82) is 0 Å². The molecule has 0 spiro atoms. The molecule has 1 atom stereocenters. The van der Waals surface area contributed by atoms with E-state index < -0.39 is 0 Å². The van der Waals surface area contributed by atoms with Crippen molar-refractivity contribution in [3.8, 4) is 17.2 Å². The third-order valence-electron chi connectivity index (χ3n) is 2.60. The molecule has 0 fully saturated rings. The molecule has 0 saturated heterocycles. The Bertz CT molecular complexity index is 333. The third kappa shape index (κ3) is 4.11. The first-order chi connectivity index (χ1) is 8.72. The number of benzene rings is 1. The zero-order chi connectivity index (χ0) is 13.4. The van der Waals surface area contributed by atoms with Crippen LogP contribution >= 0.6 is 0 Å². The van der Waals surface area contributed by atoms with Crippen LogP contribution in [0, 0.1) is 0 Å². The molecule has 0 aliphatic rings. The van der Waals surface area contributed by atoms with E-state index in [-0.39, 0.29) is 0 Å². The van der Waals surface area contributed by atoms with Crippen LogP contribution in [0.2, 0.25) is 0 Å². The largest absolute Gasteiger partial charge is 0.493 e. The number of para-hydroxylation sites is 1. The minimum Gasteiger partial charge on any atom is -0.493 e. The summed E-state index contributed by atoms with van der Waals surface area (Å²) in [4.78, 5) is 0. The SMILES string of the molecule is CCCNC(C)COc1c(OC)cccc1OC. The molecule has 0 aliphatic heterocycles. The highest BCUT2D eigenvalue weighted by Crippen LogP contribution is 2.36. The van der Waals surface area contributed by atoms with Crippen LogP contribution in [0.15, 0.2) is 18.2 Å². The van der Waals surface area contributed by atoms with Gasteiger partial charge < -0.3 is 19.5 Å². The molecule has 18 heavy (non-hydrogen) atoms. The Labute approximate surface area is 109 Å². The number of hydrogen-bond acceptors (Lipinski definition) is 4. The average molecular weight is 253 g/mol. The summed E-state index contributed by atoms with van der Waals surface area (Å²) in [5, 5.41) is 3.37. The first kappa shape index (κ1) is 14.6. The molecular formula is C14H23NO3. The van der Waals surface area contributed by atoms with Crippen molar-refractivity contribution in [3.05, 3.63) is 18.2 Å². The summed E-state index contributed by atoms with van der Waals surface area (Å²) < 4.78 is 16.3. The second kappa shape index (κ2) is 7.82. The lowest BCUT2D eigenvalue weighted by atomic mass is 10.3. The molecule has 1 rings (SSSR count). The molecule has 0 radical (unpaired) electrons. The van der Waals surface area contributed by atoms with Gasteiger partial charge in [-0.05, 0) is 32.0 Å². The average Bonchev–Trinajstić information content (AvgIpc) is 2.42. The van der Waals surface area contributed by atoms with Crippen molar-refractivity contribution in [2.75, 3.05) is 27.4 Å². The van der Waals surface area contributed by atoms with E-state index in [1.54, 1.807) is 14.2 Å². The van der Waals surface area contributed by atoms with Crippen LogP contribution < -0.4 is 19.5 Å². The van der Waals surface area contributed by atoms with Gasteiger partial charge in [-0.25, -0.2) is 0 Å². The summed E-state index contributed by atoms with van der Waals surface area (Å²) in [5.74, 6) is 2.04. The highest BCUT2D eigenvalue weighted by Gasteiger charge is 2.12. The molecule has 0 heterocycles. The molecule has 4 nitrogen and oxygen atoms in total. The monoisotopic (exact) mass is 253 g/mol. The lowest BCUT2D eigenvalue weighted by Crippen LogP contribution is -2.32. The van der Waals surface area contributed by atoms with Crippen LogP contribution in [0.3, 0.4) is 0 Å². The van der Waals surface area contributed by atoms with E-state index in [9.17, 15) is 0 Å². The van der Waals surface area contributed by atoms with Crippen LogP contribution in [0.4, 0.5) is 0 Å². The van der Waals surface area contributed by atoms with Gasteiger partial charge in [-0.2, -0.15) is 0 Å². The molecule has 1 aromatic rings. The van der Waals surface area contributed by atoms with Crippen LogP contribution in [-0.4, -0.2) is 33.4 Å². The van der Waals surface area contributed by atoms with Crippen molar-refractivity contribution in [2.45, 2.75) is 26.3 Å². The van der Waals surface area contributed by atoms with Gasteiger partial charge in [0.25, 0.3) is 0 Å². The number of methoxy groups -OCH3 is 2. The summed E-state index contributed by atoms with van der Waals surface area (Å²) in [6, 6.07) is 5.90. The predicted molar refractivity (Wildman–Crippen MR) is 72.8 cm³/mol. The molecule has 1 N–H and O–H groups in total. The molecule has 1 aromatic carbocycles. The molecule has 1 unspecified atom stereocenters. The highest BCUT2D eigenvalue weighted by atomic mass is 16.5. The van der Waals surface area contributed by atoms with E-state index in [0.29, 0.717) is 29.9 Å². The molecule has 0 saturated carbocycles. The van der Waals surface area contributed by atoms with E-state index in [4.69, 9.17) is 14.2 Å². The lowest BCUT2D eigenvalue weighted by Gasteiger charge is -2.17. The topological polar surface area (TPSA) is 39.7 Å². The maximum Gasteiger partial charge on any atom is 0.203 e. The van der Waals surface area contributed by atoms with E-state index >= 15 is 0 Å². The van der Waals surface area contributed by atoms with E-state index in [2.05, 4.69) is 19.2 Å². The van der Waals surface area contributed by atoms with Crippen LogP contribution in [-0.2, 0) is 0 Å². The minimum atomic E-state index is 0.291. The van der Waals surface area contributed by atoms with Gasteiger partial charge in [-0.1, -0.05) is 13.0 Å². The molecule has 0 aromatic heterocycles. The highest BCUT2D eigenvalue weighted by molar-refractivity contribution is 5.51. The summed E-state index contributed by atoms with van der Waals surface area (Å²) >= 11 is 0. The van der Waals surface area contributed by atoms with Gasteiger partial charge >= 0.3 is 0 Å². The van der Waals surface area contributed by atoms with Crippen molar-refractivity contribution in [3.63, 3.8) is 0 Å². The maximum atomic E-state index is 5.80. The minimum absolute atomic E-state index is 0.291. The molecule has 4 heteroatoms. The number of nitrogens with one attached hydrogen (secondary N) is 1. The van der Waals surface area contributed by atoms with E-state index in [0.717, 1.165) is 13.0 Å². The summed E-state index contributed by atoms with van der Waals surface area (Å²) in [7, 11) is 3.25. The Hall–Kier alpha value is -1.42. The van der Waals surface area contributed by atoms with Gasteiger partial charge in [0.15, 0.2) is 11.5 Å². The first-order valence-electron chi connectivity index (χ1n) is 6.30. The van der Waals surface area contributed by atoms with Crippen LogP contribution in [0.5, 0.6) is 17.2 Å². The second-order valence-electron chi connectivity index (χ2n) is 4.16. The summed E-state index contributed by atoms with van der Waals surface area (Å²) in [5.41, 5.74) is 0. The Morgan fingerprint density at radius 1 is 1.17 bits per heavy atom. The number of rotatable bonds is 8. The molecule has 0 aliphatic carbocycles. The fraction of sp³-hybridized carbons (Fsp3) is 0.571.